The van der Waals surface area contributed by atoms with E-state index in [0.717, 1.165) is 10.9 Å². The molecule has 0 bridgehead atoms. The van der Waals surface area contributed by atoms with Gasteiger partial charge in [-0.2, -0.15) is 0 Å². The molecule has 0 aliphatic rings. The summed E-state index contributed by atoms with van der Waals surface area (Å²) < 4.78 is 27.6. The number of nitrogens with zero attached hydrogens (tertiary/aromatic N) is 1. The number of hydrogen-bond acceptors (Lipinski definition) is 4. The van der Waals surface area contributed by atoms with E-state index < -0.39 is 10.0 Å². The third-order valence-corrected chi connectivity index (χ3v) is 6.98. The Morgan fingerprint density at radius 2 is 1.85 bits per heavy atom. The van der Waals surface area contributed by atoms with E-state index in [-0.39, 0.29) is 40.4 Å². The maximum Gasteiger partial charge on any atom is 0.236 e. The zero-order chi connectivity index (χ0) is 23.4. The van der Waals surface area contributed by atoms with Crippen molar-refractivity contribution >= 4 is 55.7 Å². The van der Waals surface area contributed by atoms with Crippen molar-refractivity contribution in [3.05, 3.63) is 93.9 Å². The molecular formula is C23H20Cl2N4O3S. The van der Waals surface area contributed by atoms with Gasteiger partial charge in [0.15, 0.2) is 0 Å². The van der Waals surface area contributed by atoms with Crippen molar-refractivity contribution < 1.29 is 13.2 Å². The van der Waals surface area contributed by atoms with Crippen LogP contribution < -0.4 is 10.0 Å². The number of fused-ring (bicyclic) bond motifs is 1. The number of hydrogen-bond donors (Lipinski definition) is 3. The molecule has 1 amide bonds. The molecule has 10 heteroatoms. The third-order valence-electron chi connectivity index (χ3n) is 4.95. The fourth-order valence-electron chi connectivity index (χ4n) is 3.34. The Balaban J connectivity index is 1.44. The molecule has 170 valence electrons. The second-order valence-electron chi connectivity index (χ2n) is 7.43. The average Bonchev–Trinajstić information content (AvgIpc) is 3.25. The molecule has 7 nitrogen and oxygen atoms in total. The summed E-state index contributed by atoms with van der Waals surface area (Å²) in [4.78, 5) is 19.9. The first-order valence-corrected chi connectivity index (χ1v) is 12.4. The standard InChI is InChI=1S/C23H20Cl2N4O3S/c24-19-6-7-20(29-33(31,32)14-15-4-2-1-3-5-15)23(25)18(19)11-22(30)28-12-17-10-16-8-9-26-21(16)13-27-17/h1-10,13,26,29H,11-12,14H2,(H,28,30). The normalized spacial score (nSPS) is 11.5. The van der Waals surface area contributed by atoms with Gasteiger partial charge < -0.3 is 10.3 Å². The molecule has 0 saturated heterocycles. The van der Waals surface area contributed by atoms with E-state index in [1.807, 2.05) is 24.4 Å². The molecule has 0 saturated carbocycles. The Morgan fingerprint density at radius 3 is 2.64 bits per heavy atom. The summed E-state index contributed by atoms with van der Waals surface area (Å²) in [5.74, 6) is -0.528. The highest BCUT2D eigenvalue weighted by atomic mass is 35.5. The van der Waals surface area contributed by atoms with Gasteiger partial charge in [-0.1, -0.05) is 53.5 Å². The van der Waals surface area contributed by atoms with E-state index in [1.54, 1.807) is 30.5 Å². The lowest BCUT2D eigenvalue weighted by Crippen LogP contribution is -2.25. The number of amides is 1. The molecule has 0 aliphatic heterocycles. The predicted octanol–water partition coefficient (Wildman–Crippen LogP) is 4.67. The van der Waals surface area contributed by atoms with Crippen LogP contribution in [0.25, 0.3) is 10.9 Å². The van der Waals surface area contributed by atoms with Crippen molar-refractivity contribution in [2.75, 3.05) is 4.72 Å². The van der Waals surface area contributed by atoms with Crippen LogP contribution in [0.1, 0.15) is 16.8 Å². The number of nitrogens with one attached hydrogen (secondary N) is 3. The Bertz CT molecular complexity index is 1410. The predicted molar refractivity (Wildman–Crippen MR) is 131 cm³/mol. The van der Waals surface area contributed by atoms with Gasteiger partial charge in [-0.05, 0) is 29.8 Å². The Kier molecular flexibility index (Phi) is 6.88. The van der Waals surface area contributed by atoms with Crippen LogP contribution in [-0.4, -0.2) is 24.3 Å². The van der Waals surface area contributed by atoms with Crippen LogP contribution in [0.3, 0.4) is 0 Å². The van der Waals surface area contributed by atoms with E-state index in [9.17, 15) is 13.2 Å². The Labute approximate surface area is 201 Å². The molecule has 0 atom stereocenters. The van der Waals surface area contributed by atoms with E-state index in [4.69, 9.17) is 23.2 Å². The van der Waals surface area contributed by atoms with Crippen LogP contribution in [0, 0.1) is 0 Å². The lowest BCUT2D eigenvalue weighted by Gasteiger charge is -2.14. The van der Waals surface area contributed by atoms with Crippen LogP contribution in [0.15, 0.2) is 67.0 Å². The number of aromatic amines is 1. The second-order valence-corrected chi connectivity index (χ2v) is 9.94. The maximum atomic E-state index is 12.6. The van der Waals surface area contributed by atoms with Gasteiger partial charge in [0.05, 0.1) is 46.8 Å². The fourth-order valence-corrected chi connectivity index (χ4v) is 5.16. The largest absolute Gasteiger partial charge is 0.360 e. The van der Waals surface area contributed by atoms with Gasteiger partial charge in [0.2, 0.25) is 15.9 Å². The van der Waals surface area contributed by atoms with Gasteiger partial charge in [0.25, 0.3) is 0 Å². The number of benzene rings is 2. The van der Waals surface area contributed by atoms with Gasteiger partial charge >= 0.3 is 0 Å². The number of sulfonamides is 1. The lowest BCUT2D eigenvalue weighted by atomic mass is 10.1. The van der Waals surface area contributed by atoms with Gasteiger partial charge in [-0.15, -0.1) is 0 Å². The molecule has 0 unspecified atom stereocenters. The van der Waals surface area contributed by atoms with Crippen LogP contribution in [0.2, 0.25) is 10.0 Å². The minimum absolute atomic E-state index is 0.0844. The summed E-state index contributed by atoms with van der Waals surface area (Å²) in [6.45, 7) is 0.235. The number of pyridine rings is 1. The number of halogens is 2. The van der Waals surface area contributed by atoms with Crippen molar-refractivity contribution in [1.29, 1.82) is 0 Å². The summed E-state index contributed by atoms with van der Waals surface area (Å²) in [5, 5.41) is 4.14. The van der Waals surface area contributed by atoms with Crippen molar-refractivity contribution in [2.45, 2.75) is 18.7 Å². The smallest absolute Gasteiger partial charge is 0.236 e. The summed E-state index contributed by atoms with van der Waals surface area (Å²) in [5.41, 5.74) is 2.76. The molecule has 2 heterocycles. The molecule has 2 aromatic carbocycles. The minimum atomic E-state index is -3.72. The molecule has 0 radical (unpaired) electrons. The van der Waals surface area contributed by atoms with Crippen molar-refractivity contribution in [3.63, 3.8) is 0 Å². The second kappa shape index (κ2) is 9.82. The van der Waals surface area contributed by atoms with E-state index >= 15 is 0 Å². The SMILES string of the molecule is O=C(Cc1c(Cl)ccc(NS(=O)(=O)Cc2ccccc2)c1Cl)NCc1cc2cc[nH]c2cn1. The van der Waals surface area contributed by atoms with Crippen LogP contribution in [0.4, 0.5) is 5.69 Å². The zero-order valence-electron chi connectivity index (χ0n) is 17.3. The Morgan fingerprint density at radius 1 is 1.06 bits per heavy atom. The highest BCUT2D eigenvalue weighted by Crippen LogP contribution is 2.33. The topological polar surface area (TPSA) is 104 Å². The zero-order valence-corrected chi connectivity index (χ0v) is 19.6. The first-order chi connectivity index (χ1) is 15.8. The molecule has 0 spiro atoms. The maximum absolute atomic E-state index is 12.6. The van der Waals surface area contributed by atoms with Crippen LogP contribution in [0.5, 0.6) is 0 Å². The van der Waals surface area contributed by atoms with E-state index in [2.05, 4.69) is 20.0 Å². The molecule has 3 N–H and O–H groups in total. The monoisotopic (exact) mass is 502 g/mol. The van der Waals surface area contributed by atoms with Gasteiger partial charge in [0, 0.05) is 22.2 Å². The number of carbonyl (C=O) groups is 1. The first kappa shape index (κ1) is 23.1. The average molecular weight is 503 g/mol. The molecule has 4 aromatic rings. The van der Waals surface area contributed by atoms with Crippen molar-refractivity contribution in [2.24, 2.45) is 0 Å². The van der Waals surface area contributed by atoms with Gasteiger partial charge in [-0.3, -0.25) is 14.5 Å². The number of rotatable bonds is 8. The highest BCUT2D eigenvalue weighted by molar-refractivity contribution is 7.91. The number of H-pyrrole nitrogens is 1. The summed E-state index contributed by atoms with van der Waals surface area (Å²) in [6, 6.07) is 15.6. The minimum Gasteiger partial charge on any atom is -0.360 e. The first-order valence-electron chi connectivity index (χ1n) is 10.0. The quantitative estimate of drug-likeness (QED) is 0.325. The van der Waals surface area contributed by atoms with Crippen molar-refractivity contribution in [3.8, 4) is 0 Å². The van der Waals surface area contributed by atoms with E-state index in [1.165, 1.54) is 12.1 Å². The highest BCUT2D eigenvalue weighted by Gasteiger charge is 2.19. The van der Waals surface area contributed by atoms with Crippen molar-refractivity contribution in [1.82, 2.24) is 15.3 Å². The molecule has 0 aliphatic carbocycles. The van der Waals surface area contributed by atoms with E-state index in [0.29, 0.717) is 16.8 Å². The molecule has 0 fully saturated rings. The van der Waals surface area contributed by atoms with Gasteiger partial charge in [0.1, 0.15) is 0 Å². The molecular weight excluding hydrogens is 483 g/mol. The van der Waals surface area contributed by atoms with Crippen LogP contribution in [-0.2, 0) is 33.5 Å². The van der Waals surface area contributed by atoms with Crippen LogP contribution >= 0.6 is 23.2 Å². The third kappa shape index (κ3) is 5.84. The lowest BCUT2D eigenvalue weighted by molar-refractivity contribution is -0.120. The summed E-state index contributed by atoms with van der Waals surface area (Å²) >= 11 is 12.7. The molecule has 2 aromatic heterocycles. The molecule has 33 heavy (non-hydrogen) atoms. The Hall–Kier alpha value is -3.07. The summed E-state index contributed by atoms with van der Waals surface area (Å²) in [7, 11) is -3.72. The fraction of sp³-hybridized carbons (Fsp3) is 0.130. The number of carbonyl (C=O) groups excluding carboxylic acids is 1. The van der Waals surface area contributed by atoms with Gasteiger partial charge in [-0.25, -0.2) is 8.42 Å². The molecule has 4 rings (SSSR count). The number of aromatic nitrogens is 2. The summed E-state index contributed by atoms with van der Waals surface area (Å²) in [6.07, 6.45) is 3.41. The number of anilines is 1.